The Morgan fingerprint density at radius 1 is 1.18 bits per heavy atom. The van der Waals surface area contributed by atoms with Gasteiger partial charge in [-0.15, -0.1) is 0 Å². The van der Waals surface area contributed by atoms with Crippen molar-refractivity contribution in [3.63, 3.8) is 0 Å². The lowest BCUT2D eigenvalue weighted by atomic mass is 9.77. The summed E-state index contributed by atoms with van der Waals surface area (Å²) >= 11 is 0. The standard InChI is InChI=1S/C22H23FN2O3/c23-17-8-6-16(7-9-17)22(14-18-10-11-20(26)25(18)15-22)21(27)24-12-13-28-19-4-2-1-3-5-19/h1-9,18H,10-15H2,(H,24,27)/t18-,22-/m0/s1. The van der Waals surface area contributed by atoms with E-state index in [9.17, 15) is 14.0 Å². The third-order valence-electron chi connectivity index (χ3n) is 5.71. The van der Waals surface area contributed by atoms with E-state index in [-0.39, 0.29) is 23.7 Å². The van der Waals surface area contributed by atoms with E-state index in [4.69, 9.17) is 4.74 Å². The third-order valence-corrected chi connectivity index (χ3v) is 5.71. The van der Waals surface area contributed by atoms with Crippen LogP contribution in [0.4, 0.5) is 4.39 Å². The zero-order valence-electron chi connectivity index (χ0n) is 15.6. The molecule has 0 aliphatic carbocycles. The predicted molar refractivity (Wildman–Crippen MR) is 102 cm³/mol. The fraction of sp³-hybridized carbons (Fsp3) is 0.364. The van der Waals surface area contributed by atoms with Crippen LogP contribution in [0, 0.1) is 5.82 Å². The van der Waals surface area contributed by atoms with Gasteiger partial charge in [-0.1, -0.05) is 30.3 Å². The maximum absolute atomic E-state index is 13.4. The first-order valence-corrected chi connectivity index (χ1v) is 9.60. The van der Waals surface area contributed by atoms with E-state index in [1.165, 1.54) is 12.1 Å². The number of carbonyl (C=O) groups is 2. The van der Waals surface area contributed by atoms with Crippen LogP contribution in [0.15, 0.2) is 54.6 Å². The lowest BCUT2D eigenvalue weighted by Crippen LogP contribution is -2.48. The molecule has 6 heteroatoms. The molecule has 0 aromatic heterocycles. The molecule has 1 N–H and O–H groups in total. The number of para-hydroxylation sites is 1. The van der Waals surface area contributed by atoms with E-state index in [0.717, 1.165) is 17.7 Å². The SMILES string of the molecule is O=C1CC[C@H]2C[C@@](C(=O)NCCOc3ccccc3)(c3ccc(F)cc3)CN12. The molecule has 0 saturated carbocycles. The molecule has 2 atom stereocenters. The quantitative estimate of drug-likeness (QED) is 0.782. The van der Waals surface area contributed by atoms with Gasteiger partial charge in [0.2, 0.25) is 11.8 Å². The van der Waals surface area contributed by atoms with Gasteiger partial charge in [-0.2, -0.15) is 0 Å². The molecule has 0 spiro atoms. The maximum atomic E-state index is 13.4. The summed E-state index contributed by atoms with van der Waals surface area (Å²) in [5, 5.41) is 2.96. The smallest absolute Gasteiger partial charge is 0.232 e. The lowest BCUT2D eigenvalue weighted by molar-refractivity contribution is -0.129. The Balaban J connectivity index is 1.47. The zero-order chi connectivity index (χ0) is 19.6. The number of nitrogens with one attached hydrogen (secondary N) is 1. The van der Waals surface area contributed by atoms with Crippen LogP contribution in [0.2, 0.25) is 0 Å². The monoisotopic (exact) mass is 382 g/mol. The molecule has 2 aliphatic rings. The molecule has 2 aromatic rings. The van der Waals surface area contributed by atoms with Crippen molar-refractivity contribution in [3.05, 3.63) is 66.0 Å². The van der Waals surface area contributed by atoms with E-state index in [1.54, 1.807) is 12.1 Å². The van der Waals surface area contributed by atoms with Crippen molar-refractivity contribution in [1.29, 1.82) is 0 Å². The largest absolute Gasteiger partial charge is 0.492 e. The van der Waals surface area contributed by atoms with Crippen LogP contribution in [0.25, 0.3) is 0 Å². The molecule has 28 heavy (non-hydrogen) atoms. The number of rotatable bonds is 6. The highest BCUT2D eigenvalue weighted by atomic mass is 19.1. The Morgan fingerprint density at radius 3 is 2.64 bits per heavy atom. The molecule has 2 saturated heterocycles. The Bertz CT molecular complexity index is 856. The van der Waals surface area contributed by atoms with Crippen molar-refractivity contribution in [1.82, 2.24) is 10.2 Å². The van der Waals surface area contributed by atoms with Crippen molar-refractivity contribution in [2.45, 2.75) is 30.7 Å². The highest BCUT2D eigenvalue weighted by Crippen LogP contribution is 2.43. The molecule has 2 aliphatic heterocycles. The molecule has 146 valence electrons. The van der Waals surface area contributed by atoms with Crippen LogP contribution in [0.1, 0.15) is 24.8 Å². The van der Waals surface area contributed by atoms with Crippen molar-refractivity contribution in [2.75, 3.05) is 19.7 Å². The first-order valence-electron chi connectivity index (χ1n) is 9.60. The minimum atomic E-state index is -0.846. The number of benzene rings is 2. The molecular formula is C22H23FN2O3. The molecule has 5 nitrogen and oxygen atoms in total. The predicted octanol–water partition coefficient (Wildman–Crippen LogP) is 2.65. The number of ether oxygens (including phenoxy) is 1. The second-order valence-corrected chi connectivity index (χ2v) is 7.42. The van der Waals surface area contributed by atoms with Crippen molar-refractivity contribution in [2.24, 2.45) is 0 Å². The molecule has 4 rings (SSSR count). The van der Waals surface area contributed by atoms with Crippen molar-refractivity contribution < 1.29 is 18.7 Å². The maximum Gasteiger partial charge on any atom is 0.232 e. The molecule has 2 heterocycles. The lowest BCUT2D eigenvalue weighted by Gasteiger charge is -2.29. The van der Waals surface area contributed by atoms with Gasteiger partial charge in [0.15, 0.2) is 0 Å². The van der Waals surface area contributed by atoms with Crippen molar-refractivity contribution >= 4 is 11.8 Å². The van der Waals surface area contributed by atoms with Gasteiger partial charge in [-0.25, -0.2) is 4.39 Å². The number of nitrogens with zero attached hydrogens (tertiary/aromatic N) is 1. The van der Waals surface area contributed by atoms with Crippen molar-refractivity contribution in [3.8, 4) is 5.75 Å². The number of halogens is 1. The first-order chi connectivity index (χ1) is 13.6. The van der Waals surface area contributed by atoms with Crippen LogP contribution >= 0.6 is 0 Å². The summed E-state index contributed by atoms with van der Waals surface area (Å²) in [5.41, 5.74) is -0.0983. The highest BCUT2D eigenvalue weighted by Gasteiger charge is 2.53. The minimum absolute atomic E-state index is 0.0730. The average Bonchev–Trinajstić information content (AvgIpc) is 3.26. The molecule has 0 radical (unpaired) electrons. The summed E-state index contributed by atoms with van der Waals surface area (Å²) in [5.74, 6) is 0.356. The summed E-state index contributed by atoms with van der Waals surface area (Å²) in [6.07, 6.45) is 1.87. The molecule has 2 amide bonds. The minimum Gasteiger partial charge on any atom is -0.492 e. The van der Waals surface area contributed by atoms with Gasteiger partial charge in [-0.05, 0) is 42.7 Å². The Labute approximate surface area is 163 Å². The fourth-order valence-corrected chi connectivity index (χ4v) is 4.27. The van der Waals surface area contributed by atoms with E-state index < -0.39 is 5.41 Å². The summed E-state index contributed by atoms with van der Waals surface area (Å²) in [4.78, 5) is 27.2. The van der Waals surface area contributed by atoms with Gasteiger partial charge in [0.25, 0.3) is 0 Å². The van der Waals surface area contributed by atoms with E-state index in [0.29, 0.717) is 32.5 Å². The van der Waals surface area contributed by atoms with Crippen LogP contribution in [0.5, 0.6) is 5.75 Å². The van der Waals surface area contributed by atoms with Gasteiger partial charge >= 0.3 is 0 Å². The molecule has 2 aromatic carbocycles. The first kappa shape index (κ1) is 18.5. The van der Waals surface area contributed by atoms with E-state index in [2.05, 4.69) is 5.32 Å². The molecule has 0 unspecified atom stereocenters. The summed E-state index contributed by atoms with van der Waals surface area (Å²) in [6, 6.07) is 15.5. The number of hydrogen-bond donors (Lipinski definition) is 1. The second kappa shape index (κ2) is 7.62. The number of carbonyl (C=O) groups excluding carboxylic acids is 2. The Hall–Kier alpha value is -2.89. The summed E-state index contributed by atoms with van der Waals surface area (Å²) in [6.45, 7) is 1.05. The number of amides is 2. The van der Waals surface area contributed by atoms with E-state index in [1.807, 2.05) is 35.2 Å². The van der Waals surface area contributed by atoms with Crippen LogP contribution in [-0.2, 0) is 15.0 Å². The summed E-state index contributed by atoms with van der Waals surface area (Å²) < 4.78 is 19.1. The number of hydrogen-bond acceptors (Lipinski definition) is 3. The van der Waals surface area contributed by atoms with Crippen LogP contribution in [0.3, 0.4) is 0 Å². The summed E-state index contributed by atoms with van der Waals surface area (Å²) in [7, 11) is 0. The average molecular weight is 382 g/mol. The Kier molecular flexibility index (Phi) is 5.03. The van der Waals surface area contributed by atoms with Gasteiger partial charge in [0.1, 0.15) is 18.2 Å². The van der Waals surface area contributed by atoms with Gasteiger partial charge in [0, 0.05) is 19.0 Å². The van der Waals surface area contributed by atoms with Gasteiger partial charge < -0.3 is 15.0 Å². The third kappa shape index (κ3) is 3.46. The van der Waals surface area contributed by atoms with Gasteiger partial charge in [-0.3, -0.25) is 9.59 Å². The van der Waals surface area contributed by atoms with Crippen LogP contribution in [-0.4, -0.2) is 42.5 Å². The fourth-order valence-electron chi connectivity index (χ4n) is 4.27. The van der Waals surface area contributed by atoms with Crippen LogP contribution < -0.4 is 10.1 Å². The topological polar surface area (TPSA) is 58.6 Å². The molecule has 2 fully saturated rings. The Morgan fingerprint density at radius 2 is 1.93 bits per heavy atom. The second-order valence-electron chi connectivity index (χ2n) is 7.42. The number of fused-ring (bicyclic) bond motifs is 1. The van der Waals surface area contributed by atoms with E-state index >= 15 is 0 Å². The van der Waals surface area contributed by atoms with Gasteiger partial charge in [0.05, 0.1) is 12.0 Å². The highest BCUT2D eigenvalue weighted by molar-refractivity contribution is 5.91. The molecular weight excluding hydrogens is 359 g/mol. The zero-order valence-corrected chi connectivity index (χ0v) is 15.6. The normalized spacial score (nSPS) is 23.5. The molecule has 0 bridgehead atoms.